The fourth-order valence-corrected chi connectivity index (χ4v) is 9.11. The van der Waals surface area contributed by atoms with Crippen molar-refractivity contribution in [2.45, 2.75) is 31.8 Å². The number of nitrogens with two attached hydrogens (primary N) is 1. The summed E-state index contributed by atoms with van der Waals surface area (Å²) in [6, 6.07) is 65.7. The van der Waals surface area contributed by atoms with E-state index in [9.17, 15) is 0 Å². The fourth-order valence-electron chi connectivity index (χ4n) is 9.11. The van der Waals surface area contributed by atoms with Gasteiger partial charge in [0.2, 0.25) is 0 Å². The van der Waals surface area contributed by atoms with E-state index in [1.54, 1.807) is 0 Å². The lowest BCUT2D eigenvalue weighted by Gasteiger charge is -2.23. The lowest BCUT2D eigenvalue weighted by Crippen LogP contribution is -2.28. The number of nitrogens with one attached hydrogen (secondary N) is 1. The molecule has 1 atom stereocenters. The van der Waals surface area contributed by atoms with E-state index in [4.69, 9.17) is 5.73 Å². The standard InChI is InChI=1S/C53H43N3/c1-53(2)46-29-16-28-44(50(46)45-33-37-20-9-10-21-38(37)34-47(45)53)48(55-52(54)36-18-5-3-6-19-36)32-31-35-17-11-12-24-40(35)42-26-15-27-43-41-25-13-14-30-49(41)56(51(42)43)39-22-7-4-8-23-39/h3-30,32-34,52,55H,31,54H2,1-2H3/b48-32-. The largest absolute Gasteiger partial charge is 0.366 e. The Bertz CT molecular complexity index is 2950. The minimum atomic E-state index is -0.394. The number of fused-ring (bicyclic) bond motifs is 7. The highest BCUT2D eigenvalue weighted by Crippen LogP contribution is 2.52. The first kappa shape index (κ1) is 33.9. The molecule has 56 heavy (non-hydrogen) atoms. The van der Waals surface area contributed by atoms with Gasteiger partial charge < -0.3 is 15.6 Å². The summed E-state index contributed by atoms with van der Waals surface area (Å²) in [5, 5.41) is 8.84. The van der Waals surface area contributed by atoms with Crippen molar-refractivity contribution in [3.05, 3.63) is 216 Å². The molecule has 3 nitrogen and oxygen atoms in total. The summed E-state index contributed by atoms with van der Waals surface area (Å²) < 4.78 is 2.43. The molecule has 1 aliphatic rings. The molecule has 1 aromatic heterocycles. The number of aromatic nitrogens is 1. The van der Waals surface area contributed by atoms with Crippen molar-refractivity contribution >= 4 is 38.3 Å². The zero-order valence-electron chi connectivity index (χ0n) is 31.7. The van der Waals surface area contributed by atoms with Gasteiger partial charge in [-0.15, -0.1) is 0 Å². The van der Waals surface area contributed by atoms with Crippen molar-refractivity contribution in [3.63, 3.8) is 0 Å². The minimum Gasteiger partial charge on any atom is -0.366 e. The molecule has 1 aliphatic carbocycles. The maximum absolute atomic E-state index is 7.01. The van der Waals surface area contributed by atoms with Crippen molar-refractivity contribution < 1.29 is 0 Å². The molecule has 1 heterocycles. The highest BCUT2D eigenvalue weighted by Gasteiger charge is 2.37. The number of para-hydroxylation sites is 3. The first-order valence-corrected chi connectivity index (χ1v) is 19.6. The van der Waals surface area contributed by atoms with Gasteiger partial charge >= 0.3 is 0 Å². The summed E-state index contributed by atoms with van der Waals surface area (Å²) in [4.78, 5) is 0. The van der Waals surface area contributed by atoms with Crippen LogP contribution in [0.5, 0.6) is 0 Å². The number of rotatable bonds is 8. The van der Waals surface area contributed by atoms with Crippen LogP contribution in [-0.4, -0.2) is 4.57 Å². The predicted octanol–water partition coefficient (Wildman–Crippen LogP) is 12.7. The van der Waals surface area contributed by atoms with Gasteiger partial charge in [0, 0.05) is 38.7 Å². The molecule has 0 fully saturated rings. The fraction of sp³-hybridized carbons (Fsp3) is 0.0943. The van der Waals surface area contributed by atoms with Crippen LogP contribution in [0.25, 0.3) is 66.2 Å². The van der Waals surface area contributed by atoms with Gasteiger partial charge in [-0.3, -0.25) is 0 Å². The number of nitrogens with zero attached hydrogens (tertiary/aromatic N) is 1. The van der Waals surface area contributed by atoms with Crippen LogP contribution < -0.4 is 11.1 Å². The van der Waals surface area contributed by atoms with E-state index in [2.05, 4.69) is 206 Å². The molecule has 0 aliphatic heterocycles. The minimum absolute atomic E-state index is 0.153. The summed E-state index contributed by atoms with van der Waals surface area (Å²) in [6.45, 7) is 4.71. The second-order valence-corrected chi connectivity index (χ2v) is 15.5. The smallest absolute Gasteiger partial charge is 0.101 e. The van der Waals surface area contributed by atoms with E-state index in [-0.39, 0.29) is 5.41 Å². The van der Waals surface area contributed by atoms with Crippen LogP contribution >= 0.6 is 0 Å². The number of benzene rings is 8. The Labute approximate surface area is 328 Å². The molecule has 0 amide bonds. The first-order valence-electron chi connectivity index (χ1n) is 19.6. The van der Waals surface area contributed by atoms with Crippen LogP contribution in [0.1, 0.15) is 47.8 Å². The maximum atomic E-state index is 7.01. The Morgan fingerprint density at radius 3 is 2.07 bits per heavy atom. The number of hydrogen-bond donors (Lipinski definition) is 2. The van der Waals surface area contributed by atoms with E-state index in [1.807, 2.05) is 6.07 Å². The summed E-state index contributed by atoms with van der Waals surface area (Å²) in [5.74, 6) is 0. The number of allylic oxidation sites excluding steroid dienone is 1. The highest BCUT2D eigenvalue weighted by atomic mass is 15.0. The van der Waals surface area contributed by atoms with Crippen LogP contribution in [-0.2, 0) is 11.8 Å². The van der Waals surface area contributed by atoms with Gasteiger partial charge in [0.15, 0.2) is 0 Å². The molecule has 0 radical (unpaired) electrons. The maximum Gasteiger partial charge on any atom is 0.101 e. The van der Waals surface area contributed by atoms with Gasteiger partial charge in [-0.2, -0.15) is 0 Å². The summed E-state index contributed by atoms with van der Waals surface area (Å²) >= 11 is 0. The predicted molar refractivity (Wildman–Crippen MR) is 236 cm³/mol. The van der Waals surface area contributed by atoms with E-state index in [0.29, 0.717) is 6.42 Å². The highest BCUT2D eigenvalue weighted by molar-refractivity contribution is 6.14. The molecule has 9 aromatic rings. The normalized spacial score (nSPS) is 13.9. The average molecular weight is 722 g/mol. The van der Waals surface area contributed by atoms with Gasteiger partial charge in [0.05, 0.1) is 11.0 Å². The van der Waals surface area contributed by atoms with Crippen molar-refractivity contribution in [1.82, 2.24) is 9.88 Å². The lowest BCUT2D eigenvalue weighted by molar-refractivity contribution is 0.659. The van der Waals surface area contributed by atoms with Crippen LogP contribution in [0.2, 0.25) is 0 Å². The third-order valence-corrected chi connectivity index (χ3v) is 11.9. The van der Waals surface area contributed by atoms with Crippen LogP contribution in [0, 0.1) is 0 Å². The molecule has 3 heteroatoms. The molecule has 0 saturated heterocycles. The average Bonchev–Trinajstić information content (AvgIpc) is 3.70. The van der Waals surface area contributed by atoms with E-state index in [0.717, 1.165) is 16.9 Å². The third kappa shape index (κ3) is 5.54. The van der Waals surface area contributed by atoms with Gasteiger partial charge in [0.1, 0.15) is 6.17 Å². The van der Waals surface area contributed by atoms with E-state index < -0.39 is 6.17 Å². The third-order valence-electron chi connectivity index (χ3n) is 11.9. The van der Waals surface area contributed by atoms with Crippen LogP contribution in [0.3, 0.4) is 0 Å². The molecule has 3 N–H and O–H groups in total. The first-order chi connectivity index (χ1) is 27.5. The Balaban J connectivity index is 1.15. The van der Waals surface area contributed by atoms with Gasteiger partial charge in [-0.05, 0) is 86.5 Å². The summed E-state index contributed by atoms with van der Waals surface area (Å²) in [5.41, 5.74) is 22.6. The zero-order valence-corrected chi connectivity index (χ0v) is 31.7. The van der Waals surface area contributed by atoms with E-state index in [1.165, 1.54) is 77.1 Å². The Morgan fingerprint density at radius 2 is 1.25 bits per heavy atom. The van der Waals surface area contributed by atoms with Crippen LogP contribution in [0.4, 0.5) is 0 Å². The Morgan fingerprint density at radius 1 is 0.607 bits per heavy atom. The SMILES string of the molecule is CC1(C)c2cc3ccccc3cc2-c2c(/C(=C/Cc3ccccc3-c3cccc4c5ccccc5n(-c5ccccc5)c34)NC(N)c3ccccc3)cccc21. The van der Waals surface area contributed by atoms with Crippen molar-refractivity contribution in [2.75, 3.05) is 0 Å². The van der Waals surface area contributed by atoms with Crippen molar-refractivity contribution in [1.29, 1.82) is 0 Å². The van der Waals surface area contributed by atoms with Crippen molar-refractivity contribution in [3.8, 4) is 27.9 Å². The van der Waals surface area contributed by atoms with Gasteiger partial charge in [0.25, 0.3) is 0 Å². The van der Waals surface area contributed by atoms with E-state index >= 15 is 0 Å². The second-order valence-electron chi connectivity index (χ2n) is 15.5. The van der Waals surface area contributed by atoms with Gasteiger partial charge in [-0.25, -0.2) is 0 Å². The van der Waals surface area contributed by atoms with Crippen LogP contribution in [0.15, 0.2) is 188 Å². The molecule has 8 aromatic carbocycles. The molecule has 0 saturated carbocycles. The molecule has 270 valence electrons. The summed E-state index contributed by atoms with van der Waals surface area (Å²) in [7, 11) is 0. The Hall–Kier alpha value is -6.68. The Kier molecular flexibility index (Phi) is 8.20. The summed E-state index contributed by atoms with van der Waals surface area (Å²) in [6.07, 6.45) is 2.67. The van der Waals surface area contributed by atoms with Crippen molar-refractivity contribution in [2.24, 2.45) is 5.73 Å². The molecule has 0 bridgehead atoms. The molecule has 0 spiro atoms. The monoisotopic (exact) mass is 721 g/mol. The van der Waals surface area contributed by atoms with Gasteiger partial charge in [-0.1, -0.05) is 172 Å². The topological polar surface area (TPSA) is 43.0 Å². The molecular weight excluding hydrogens is 679 g/mol. The lowest BCUT2D eigenvalue weighted by atomic mass is 9.81. The zero-order chi connectivity index (χ0) is 37.8. The number of hydrogen-bond acceptors (Lipinski definition) is 2. The molecular formula is C53H43N3. The quantitative estimate of drug-likeness (QED) is 0.153. The molecule has 1 unspecified atom stereocenters. The second kappa shape index (κ2) is 13.6. The molecule has 10 rings (SSSR count).